The summed E-state index contributed by atoms with van der Waals surface area (Å²) in [7, 11) is 1.57. The fourth-order valence-electron chi connectivity index (χ4n) is 2.43. The topological polar surface area (TPSA) is 76.3 Å². The number of anilines is 1. The highest BCUT2D eigenvalue weighted by molar-refractivity contribution is 6.50. The van der Waals surface area contributed by atoms with Crippen molar-refractivity contribution in [2.45, 2.75) is 6.92 Å². The Labute approximate surface area is 150 Å². The van der Waals surface area contributed by atoms with Crippen LogP contribution in [0, 0.1) is 6.92 Å². The summed E-state index contributed by atoms with van der Waals surface area (Å²) in [5.74, 6) is -0.102. The first-order chi connectivity index (χ1) is 12.6. The third-order valence-corrected chi connectivity index (χ3v) is 3.80. The highest BCUT2D eigenvalue weighted by Crippen LogP contribution is 2.10. The van der Waals surface area contributed by atoms with Crippen LogP contribution in [0.25, 0.3) is 0 Å². The number of carbonyl (C=O) groups excluding carboxylic acids is 1. The third-order valence-electron chi connectivity index (χ3n) is 3.80. The van der Waals surface area contributed by atoms with Crippen molar-refractivity contribution < 1.29 is 4.79 Å². The van der Waals surface area contributed by atoms with Crippen LogP contribution in [0.3, 0.4) is 0 Å². The van der Waals surface area contributed by atoms with E-state index in [4.69, 9.17) is 0 Å². The zero-order valence-corrected chi connectivity index (χ0v) is 14.5. The van der Waals surface area contributed by atoms with E-state index in [1.165, 1.54) is 10.6 Å². The summed E-state index contributed by atoms with van der Waals surface area (Å²) in [5.41, 5.74) is 4.41. The summed E-state index contributed by atoms with van der Waals surface area (Å²) < 4.78 is 1.32. The molecule has 0 fully saturated rings. The van der Waals surface area contributed by atoms with Gasteiger partial charge in [-0.1, -0.05) is 48.5 Å². The van der Waals surface area contributed by atoms with Gasteiger partial charge in [0, 0.05) is 24.4 Å². The molecule has 2 aromatic carbocycles. The molecule has 0 spiro atoms. The number of para-hydroxylation sites is 1. The Bertz CT molecular complexity index is 1010. The van der Waals surface area contributed by atoms with Gasteiger partial charge in [-0.15, -0.1) is 0 Å². The predicted octanol–water partition coefficient (Wildman–Crippen LogP) is 2.79. The van der Waals surface area contributed by atoms with Crippen LogP contribution in [-0.4, -0.2) is 21.0 Å². The molecule has 26 heavy (non-hydrogen) atoms. The summed E-state index contributed by atoms with van der Waals surface area (Å²) in [6, 6.07) is 19.5. The van der Waals surface area contributed by atoms with Crippen LogP contribution >= 0.6 is 0 Å². The molecule has 6 nitrogen and oxygen atoms in total. The van der Waals surface area contributed by atoms with E-state index in [2.05, 4.69) is 15.5 Å². The monoisotopic (exact) mass is 346 g/mol. The molecule has 0 aliphatic carbocycles. The van der Waals surface area contributed by atoms with Gasteiger partial charge in [-0.2, -0.15) is 5.10 Å². The number of aryl methyl sites for hydroxylation is 1. The van der Waals surface area contributed by atoms with E-state index in [0.29, 0.717) is 11.3 Å². The van der Waals surface area contributed by atoms with E-state index in [1.807, 2.05) is 36.4 Å². The molecule has 1 N–H and O–H groups in total. The molecule has 1 heterocycles. The lowest BCUT2D eigenvalue weighted by Gasteiger charge is -2.11. The SMILES string of the molecule is Cc1cc(=O)n(C)c(/C(=N\Nc2ccccc2)C(=O)c2ccccc2)n1. The lowest BCUT2D eigenvalue weighted by atomic mass is 10.1. The molecule has 0 aliphatic heterocycles. The summed E-state index contributed by atoms with van der Waals surface area (Å²) in [4.78, 5) is 29.5. The molecule has 3 aromatic rings. The molecule has 0 amide bonds. The van der Waals surface area contributed by atoms with Crippen molar-refractivity contribution in [2.75, 3.05) is 5.43 Å². The molecule has 0 radical (unpaired) electrons. The van der Waals surface area contributed by atoms with Crippen molar-refractivity contribution in [3.63, 3.8) is 0 Å². The Hall–Kier alpha value is -3.54. The van der Waals surface area contributed by atoms with E-state index in [-0.39, 0.29) is 22.9 Å². The minimum Gasteiger partial charge on any atom is -0.294 e. The molecule has 0 unspecified atom stereocenters. The molecule has 0 saturated carbocycles. The van der Waals surface area contributed by atoms with E-state index in [1.54, 1.807) is 38.2 Å². The van der Waals surface area contributed by atoms with Crippen LogP contribution in [0.15, 0.2) is 76.6 Å². The second-order valence-electron chi connectivity index (χ2n) is 5.75. The third kappa shape index (κ3) is 3.75. The number of hydrazone groups is 1. The minimum absolute atomic E-state index is 0.0725. The Morgan fingerprint density at radius 3 is 2.31 bits per heavy atom. The van der Waals surface area contributed by atoms with E-state index in [9.17, 15) is 9.59 Å². The molecule has 0 bridgehead atoms. The number of nitrogens with one attached hydrogen (secondary N) is 1. The van der Waals surface area contributed by atoms with Crippen molar-refractivity contribution in [1.82, 2.24) is 9.55 Å². The lowest BCUT2D eigenvalue weighted by Crippen LogP contribution is -2.30. The molecule has 1 aromatic heterocycles. The van der Waals surface area contributed by atoms with Crippen molar-refractivity contribution >= 4 is 17.2 Å². The maximum absolute atomic E-state index is 13.0. The fraction of sp³-hybridized carbons (Fsp3) is 0.100. The number of aromatic nitrogens is 2. The maximum atomic E-state index is 13.0. The average molecular weight is 346 g/mol. The van der Waals surface area contributed by atoms with Crippen LogP contribution in [0.4, 0.5) is 5.69 Å². The number of rotatable bonds is 5. The molecule has 6 heteroatoms. The van der Waals surface area contributed by atoms with Gasteiger partial charge in [-0.3, -0.25) is 19.6 Å². The predicted molar refractivity (Wildman–Crippen MR) is 102 cm³/mol. The number of hydrogen-bond acceptors (Lipinski definition) is 5. The molecule has 3 rings (SSSR count). The summed E-state index contributed by atoms with van der Waals surface area (Å²) in [6.45, 7) is 1.71. The first kappa shape index (κ1) is 17.3. The second-order valence-corrected chi connectivity index (χ2v) is 5.75. The van der Waals surface area contributed by atoms with Gasteiger partial charge >= 0.3 is 0 Å². The molecule has 130 valence electrons. The molecule has 0 saturated heterocycles. The average Bonchev–Trinajstić information content (AvgIpc) is 2.67. The lowest BCUT2D eigenvalue weighted by molar-refractivity contribution is 0.106. The van der Waals surface area contributed by atoms with Crippen molar-refractivity contribution in [2.24, 2.45) is 12.1 Å². The van der Waals surface area contributed by atoms with Crippen LogP contribution in [0.5, 0.6) is 0 Å². The summed E-state index contributed by atoms with van der Waals surface area (Å²) in [6.07, 6.45) is 0. The van der Waals surface area contributed by atoms with Crippen LogP contribution in [0.1, 0.15) is 21.9 Å². The van der Waals surface area contributed by atoms with Crippen molar-refractivity contribution in [3.05, 3.63) is 94.2 Å². The van der Waals surface area contributed by atoms with Crippen LogP contribution in [0.2, 0.25) is 0 Å². The quantitative estimate of drug-likeness (QED) is 0.438. The number of Topliss-reactive ketones (excluding diaryl/α,β-unsaturated/α-hetero) is 1. The zero-order chi connectivity index (χ0) is 18.5. The molecular formula is C20H18N4O2. The van der Waals surface area contributed by atoms with Gasteiger partial charge < -0.3 is 0 Å². The standard InChI is InChI=1S/C20H18N4O2/c1-14-13-17(25)24(2)20(21-14)18(19(26)15-9-5-3-6-10-15)23-22-16-11-7-4-8-12-16/h3-13,22H,1-2H3/b23-18-. The highest BCUT2D eigenvalue weighted by atomic mass is 16.1. The Kier molecular flexibility index (Phi) is 5.03. The largest absolute Gasteiger partial charge is 0.294 e. The Morgan fingerprint density at radius 1 is 1.04 bits per heavy atom. The van der Waals surface area contributed by atoms with E-state index >= 15 is 0 Å². The van der Waals surface area contributed by atoms with Gasteiger partial charge in [-0.25, -0.2) is 4.98 Å². The molecule has 0 atom stereocenters. The molecule has 0 aliphatic rings. The number of benzene rings is 2. The van der Waals surface area contributed by atoms with Gasteiger partial charge in [0.25, 0.3) is 5.56 Å². The van der Waals surface area contributed by atoms with Gasteiger partial charge in [-0.05, 0) is 19.1 Å². The van der Waals surface area contributed by atoms with E-state index in [0.717, 1.165) is 5.69 Å². The van der Waals surface area contributed by atoms with Gasteiger partial charge in [0.15, 0.2) is 11.5 Å². The smallest absolute Gasteiger partial charge is 0.253 e. The van der Waals surface area contributed by atoms with Gasteiger partial charge in [0.2, 0.25) is 5.78 Å². The van der Waals surface area contributed by atoms with Gasteiger partial charge in [0.1, 0.15) is 0 Å². The number of hydrogen-bond donors (Lipinski definition) is 1. The maximum Gasteiger partial charge on any atom is 0.253 e. The minimum atomic E-state index is -0.317. The zero-order valence-electron chi connectivity index (χ0n) is 14.5. The summed E-state index contributed by atoms with van der Waals surface area (Å²) >= 11 is 0. The van der Waals surface area contributed by atoms with Crippen LogP contribution < -0.4 is 11.0 Å². The number of ketones is 1. The Balaban J connectivity index is 2.10. The second kappa shape index (κ2) is 7.57. The van der Waals surface area contributed by atoms with Crippen LogP contribution in [-0.2, 0) is 7.05 Å². The first-order valence-electron chi connectivity index (χ1n) is 8.10. The highest BCUT2D eigenvalue weighted by Gasteiger charge is 2.21. The first-order valence-corrected chi connectivity index (χ1v) is 8.10. The number of carbonyl (C=O) groups is 1. The van der Waals surface area contributed by atoms with Crippen molar-refractivity contribution in [3.8, 4) is 0 Å². The normalized spacial score (nSPS) is 11.2. The van der Waals surface area contributed by atoms with E-state index < -0.39 is 0 Å². The Morgan fingerprint density at radius 2 is 1.65 bits per heavy atom. The van der Waals surface area contributed by atoms with Gasteiger partial charge in [0.05, 0.1) is 5.69 Å². The van der Waals surface area contributed by atoms with Crippen molar-refractivity contribution in [1.29, 1.82) is 0 Å². The number of nitrogens with zero attached hydrogens (tertiary/aromatic N) is 3. The fourth-order valence-corrected chi connectivity index (χ4v) is 2.43. The summed E-state index contributed by atoms with van der Waals surface area (Å²) in [5, 5.41) is 4.28. The molecular weight excluding hydrogens is 328 g/mol.